The van der Waals surface area contributed by atoms with E-state index in [9.17, 15) is 4.79 Å². The number of piperazine rings is 1. The minimum atomic E-state index is -1.94. The Kier molecular flexibility index (Phi) is 5.52. The Morgan fingerprint density at radius 2 is 1.80 bits per heavy atom. The van der Waals surface area contributed by atoms with Crippen LogP contribution in [-0.4, -0.2) is 40.8 Å². The number of nitrogens with zero attached hydrogens (tertiary/aromatic N) is 1. The van der Waals surface area contributed by atoms with Crippen molar-refractivity contribution < 1.29 is 4.79 Å². The van der Waals surface area contributed by atoms with E-state index in [1.54, 1.807) is 0 Å². The van der Waals surface area contributed by atoms with Crippen molar-refractivity contribution in [2.45, 2.75) is 10.3 Å². The highest BCUT2D eigenvalue weighted by Crippen LogP contribution is 2.27. The molecule has 0 radical (unpaired) electrons. The molecule has 1 fully saturated rings. The number of amides is 1. The summed E-state index contributed by atoms with van der Waals surface area (Å²) in [4.78, 5) is 13.9. The molecule has 0 aromatic heterocycles. The third-order valence-electron chi connectivity index (χ3n) is 3.09. The largest absolute Gasteiger partial charge is 0.322 e. The summed E-state index contributed by atoms with van der Waals surface area (Å²) in [6.07, 6.45) is 0. The Morgan fingerprint density at radius 3 is 2.35 bits per heavy atom. The molecule has 1 aliphatic rings. The Bertz CT molecular complexity index is 453. The highest BCUT2D eigenvalue weighted by atomic mass is 35.6. The second kappa shape index (κ2) is 6.96. The minimum absolute atomic E-state index is 0.616. The van der Waals surface area contributed by atoms with E-state index in [0.29, 0.717) is 5.69 Å². The molecule has 110 valence electrons. The summed E-state index contributed by atoms with van der Waals surface area (Å²) in [6, 6.07) is 7.56. The van der Waals surface area contributed by atoms with Crippen LogP contribution in [0.2, 0.25) is 0 Å². The van der Waals surface area contributed by atoms with E-state index in [2.05, 4.69) is 15.5 Å². The molecule has 20 heavy (non-hydrogen) atoms. The normalized spacial score (nSPS) is 16.9. The number of hydrogen-bond acceptors (Lipinski definition) is 3. The lowest BCUT2D eigenvalue weighted by atomic mass is 10.2. The fourth-order valence-corrected chi connectivity index (χ4v) is 2.16. The van der Waals surface area contributed by atoms with Gasteiger partial charge in [0, 0.05) is 38.4 Å². The zero-order valence-electron chi connectivity index (χ0n) is 10.8. The lowest BCUT2D eigenvalue weighted by molar-refractivity contribution is -0.115. The Labute approximate surface area is 133 Å². The second-order valence-corrected chi connectivity index (χ2v) is 6.96. The van der Waals surface area contributed by atoms with Crippen molar-refractivity contribution in [2.24, 2.45) is 0 Å². The van der Waals surface area contributed by atoms with Gasteiger partial charge in [0.25, 0.3) is 9.70 Å². The van der Waals surface area contributed by atoms with Gasteiger partial charge in [-0.05, 0) is 17.7 Å². The lowest BCUT2D eigenvalue weighted by Crippen LogP contribution is -2.42. The van der Waals surface area contributed by atoms with Crippen LogP contribution in [0, 0.1) is 0 Å². The zero-order chi connectivity index (χ0) is 14.6. The third-order valence-corrected chi connectivity index (χ3v) is 3.60. The van der Waals surface area contributed by atoms with Crippen LogP contribution in [-0.2, 0) is 11.3 Å². The van der Waals surface area contributed by atoms with E-state index in [1.807, 2.05) is 24.3 Å². The second-order valence-electron chi connectivity index (χ2n) is 4.67. The van der Waals surface area contributed by atoms with Gasteiger partial charge < -0.3 is 10.6 Å². The molecule has 0 bridgehead atoms. The number of halogens is 3. The van der Waals surface area contributed by atoms with E-state index < -0.39 is 9.70 Å². The minimum Gasteiger partial charge on any atom is -0.322 e. The first-order valence-electron chi connectivity index (χ1n) is 6.35. The Balaban J connectivity index is 1.91. The monoisotopic (exact) mass is 335 g/mol. The van der Waals surface area contributed by atoms with Crippen molar-refractivity contribution >= 4 is 46.4 Å². The molecule has 1 amide bonds. The van der Waals surface area contributed by atoms with Crippen molar-refractivity contribution in [3.63, 3.8) is 0 Å². The van der Waals surface area contributed by atoms with Gasteiger partial charge in [-0.15, -0.1) is 0 Å². The summed E-state index contributed by atoms with van der Waals surface area (Å²) in [5, 5.41) is 5.87. The number of carbonyl (C=O) groups excluding carboxylic acids is 1. The Hall–Kier alpha value is -0.520. The van der Waals surface area contributed by atoms with Crippen molar-refractivity contribution in [3.05, 3.63) is 29.8 Å². The highest BCUT2D eigenvalue weighted by Gasteiger charge is 2.30. The number of carbonyl (C=O) groups is 1. The van der Waals surface area contributed by atoms with Crippen LogP contribution in [0.15, 0.2) is 24.3 Å². The van der Waals surface area contributed by atoms with Gasteiger partial charge in [-0.25, -0.2) is 0 Å². The average Bonchev–Trinajstić information content (AvgIpc) is 2.41. The van der Waals surface area contributed by atoms with Gasteiger partial charge in [0.05, 0.1) is 0 Å². The van der Waals surface area contributed by atoms with Crippen LogP contribution in [0.5, 0.6) is 0 Å². The number of alkyl halides is 3. The summed E-state index contributed by atoms with van der Waals surface area (Å²) in [5.41, 5.74) is 1.81. The first-order chi connectivity index (χ1) is 9.45. The van der Waals surface area contributed by atoms with Crippen molar-refractivity contribution in [1.82, 2.24) is 10.2 Å². The molecule has 1 heterocycles. The van der Waals surface area contributed by atoms with E-state index in [1.165, 1.54) is 5.56 Å². The molecule has 2 rings (SSSR count). The first kappa shape index (κ1) is 15.9. The van der Waals surface area contributed by atoms with E-state index in [0.717, 1.165) is 32.7 Å². The van der Waals surface area contributed by atoms with E-state index in [4.69, 9.17) is 34.8 Å². The summed E-state index contributed by atoms with van der Waals surface area (Å²) in [5.74, 6) is -0.655. The summed E-state index contributed by atoms with van der Waals surface area (Å²) >= 11 is 16.5. The van der Waals surface area contributed by atoms with Crippen LogP contribution in [0.3, 0.4) is 0 Å². The summed E-state index contributed by atoms with van der Waals surface area (Å²) in [7, 11) is 0. The van der Waals surface area contributed by atoms with Crippen molar-refractivity contribution in [2.75, 3.05) is 31.5 Å². The highest BCUT2D eigenvalue weighted by molar-refractivity contribution is 6.76. The van der Waals surface area contributed by atoms with E-state index in [-0.39, 0.29) is 0 Å². The molecule has 1 aromatic carbocycles. The maximum Gasteiger partial charge on any atom is 0.276 e. The molecule has 0 unspecified atom stereocenters. The number of benzene rings is 1. The smallest absolute Gasteiger partial charge is 0.276 e. The predicted octanol–water partition coefficient (Wildman–Crippen LogP) is 2.40. The molecule has 0 spiro atoms. The van der Waals surface area contributed by atoms with Gasteiger partial charge in [-0.2, -0.15) is 0 Å². The summed E-state index contributed by atoms with van der Waals surface area (Å²) < 4.78 is -1.94. The Morgan fingerprint density at radius 1 is 1.20 bits per heavy atom. The van der Waals surface area contributed by atoms with E-state index >= 15 is 0 Å². The molecule has 0 saturated carbocycles. The van der Waals surface area contributed by atoms with Crippen LogP contribution in [0.1, 0.15) is 5.56 Å². The maximum absolute atomic E-state index is 11.5. The van der Waals surface area contributed by atoms with Crippen LogP contribution < -0.4 is 10.6 Å². The molecular weight excluding hydrogens is 321 g/mol. The molecule has 0 aliphatic carbocycles. The quantitative estimate of drug-likeness (QED) is 0.833. The molecule has 2 N–H and O–H groups in total. The zero-order valence-corrected chi connectivity index (χ0v) is 13.1. The number of anilines is 1. The third kappa shape index (κ3) is 4.79. The number of rotatable bonds is 3. The SMILES string of the molecule is O=C(Nc1ccc(CN2CCNCC2)cc1)C(Cl)(Cl)Cl. The van der Waals surface area contributed by atoms with Gasteiger partial charge in [0.1, 0.15) is 0 Å². The number of hydrogen-bond donors (Lipinski definition) is 2. The van der Waals surface area contributed by atoms with Crippen LogP contribution in [0.25, 0.3) is 0 Å². The maximum atomic E-state index is 11.5. The van der Waals surface area contributed by atoms with Gasteiger partial charge in [-0.3, -0.25) is 9.69 Å². The lowest BCUT2D eigenvalue weighted by Gasteiger charge is -2.27. The molecule has 1 aliphatic heterocycles. The predicted molar refractivity (Wildman–Crippen MR) is 83.5 cm³/mol. The fourth-order valence-electron chi connectivity index (χ4n) is 2.02. The van der Waals surface area contributed by atoms with Gasteiger partial charge >= 0.3 is 0 Å². The summed E-state index contributed by atoms with van der Waals surface area (Å²) in [6.45, 7) is 5.05. The molecule has 1 aromatic rings. The van der Waals surface area contributed by atoms with Crippen LogP contribution >= 0.6 is 34.8 Å². The molecule has 0 atom stereocenters. The van der Waals surface area contributed by atoms with Crippen molar-refractivity contribution in [3.8, 4) is 0 Å². The van der Waals surface area contributed by atoms with Gasteiger partial charge in [0.2, 0.25) is 0 Å². The average molecular weight is 337 g/mol. The number of nitrogens with one attached hydrogen (secondary N) is 2. The molecule has 7 heteroatoms. The van der Waals surface area contributed by atoms with Crippen LogP contribution in [0.4, 0.5) is 5.69 Å². The first-order valence-corrected chi connectivity index (χ1v) is 7.49. The van der Waals surface area contributed by atoms with Gasteiger partial charge in [-0.1, -0.05) is 46.9 Å². The van der Waals surface area contributed by atoms with Crippen molar-refractivity contribution in [1.29, 1.82) is 0 Å². The molecular formula is C13H16Cl3N3O. The fraction of sp³-hybridized carbons (Fsp3) is 0.462. The molecule has 4 nitrogen and oxygen atoms in total. The standard InChI is InChI=1S/C13H16Cl3N3O/c14-13(15,16)12(20)18-11-3-1-10(2-4-11)9-19-7-5-17-6-8-19/h1-4,17H,5-9H2,(H,18,20). The molecule has 1 saturated heterocycles. The topological polar surface area (TPSA) is 44.4 Å². The van der Waals surface area contributed by atoms with Gasteiger partial charge in [0.15, 0.2) is 0 Å².